The molecule has 0 heterocycles. The van der Waals surface area contributed by atoms with E-state index < -0.39 is 13.5 Å². The summed E-state index contributed by atoms with van der Waals surface area (Å²) in [5, 5.41) is 2.78. The molecule has 0 saturated carbocycles. The van der Waals surface area contributed by atoms with Crippen LogP contribution in [0.1, 0.15) is 110 Å². The number of hydrogen-bond acceptors (Lipinski definition) is 6. The topological polar surface area (TPSA) is 94.1 Å². The molecule has 1 amide bonds. The van der Waals surface area contributed by atoms with Crippen molar-refractivity contribution in [3.63, 3.8) is 0 Å². The molecule has 0 rings (SSSR count). The van der Waals surface area contributed by atoms with Crippen molar-refractivity contribution in [1.29, 1.82) is 0 Å². The number of ether oxygens (including phenoxy) is 2. The van der Waals surface area contributed by atoms with Crippen LogP contribution in [0.3, 0.4) is 0 Å². The van der Waals surface area contributed by atoms with Gasteiger partial charge < -0.3 is 28.7 Å². The first kappa shape index (κ1) is 36.9. The van der Waals surface area contributed by atoms with Gasteiger partial charge in [-0.25, -0.2) is 4.79 Å². The summed E-state index contributed by atoms with van der Waals surface area (Å²) in [5.41, 5.74) is 0. The van der Waals surface area contributed by atoms with Crippen LogP contribution in [-0.2, 0) is 18.8 Å². The minimum Gasteiger partial charge on any atom is -0.434 e. The van der Waals surface area contributed by atoms with E-state index in [0.29, 0.717) is 32.0 Å². The molecule has 0 radical (unpaired) electrons. The predicted octanol–water partition coefficient (Wildman–Crippen LogP) is 6.51. The van der Waals surface area contributed by atoms with E-state index in [0.717, 1.165) is 23.9 Å². The number of quaternary nitrogens is 1. The van der Waals surface area contributed by atoms with E-state index in [2.05, 4.69) is 39.7 Å². The van der Waals surface area contributed by atoms with Gasteiger partial charge >= 0.3 is 6.16 Å². The first-order valence-corrected chi connectivity index (χ1v) is 17.0. The Balaban J connectivity index is 3.48. The van der Waals surface area contributed by atoms with Crippen molar-refractivity contribution < 1.29 is 33.0 Å². The molecule has 226 valence electrons. The standard InChI is InChI=1S/C29H59N2O6P/c1-6-7-8-9-10-11-12-13-14-15-16-17-18-21-28(32)30-22-25-36-29(33)35-24-19-20-27-38(5,34)37-26-23-31(2,3)4/h5-27H2,1-4H3,(H-,30,32,34)/p+1. The third kappa shape index (κ3) is 27.9. The minimum atomic E-state index is -2.62. The number of carbonyl (C=O) groups is 2. The lowest BCUT2D eigenvalue weighted by molar-refractivity contribution is -0.870. The van der Waals surface area contributed by atoms with Gasteiger partial charge in [-0.05, 0) is 19.3 Å². The number of nitrogens with one attached hydrogen (secondary N) is 1. The van der Waals surface area contributed by atoms with Gasteiger partial charge in [0, 0.05) is 12.6 Å². The summed E-state index contributed by atoms with van der Waals surface area (Å²) in [6.07, 6.45) is 22.0. The summed E-state index contributed by atoms with van der Waals surface area (Å²) in [7, 11) is 3.57. The van der Waals surface area contributed by atoms with Crippen LogP contribution in [0.2, 0.25) is 0 Å². The average Bonchev–Trinajstić information content (AvgIpc) is 2.83. The van der Waals surface area contributed by atoms with E-state index in [9.17, 15) is 14.5 Å². The smallest absolute Gasteiger partial charge is 0.434 e. The lowest BCUT2D eigenvalue weighted by Gasteiger charge is -2.25. The molecule has 0 aliphatic heterocycles. The van der Waals surface area contributed by atoms with Gasteiger partial charge in [-0.15, -0.1) is 0 Å². The molecular weight excluding hydrogens is 503 g/mol. The van der Waals surface area contributed by atoms with E-state index >= 15 is 0 Å². The molecule has 0 aliphatic rings. The summed E-state index contributed by atoms with van der Waals surface area (Å²) >= 11 is 0. The van der Waals surface area contributed by atoms with Crippen LogP contribution in [-0.4, -0.2) is 88.0 Å². The number of rotatable bonds is 26. The van der Waals surface area contributed by atoms with Crippen molar-refractivity contribution >= 4 is 25.7 Å². The fraction of sp³-hybridized carbons (Fsp3) is 0.897. The van der Waals surface area contributed by atoms with Crippen molar-refractivity contribution in [3.05, 3.63) is 0 Å². The highest BCUT2D eigenvalue weighted by Gasteiger charge is 2.14. The lowest BCUT2D eigenvalue weighted by Crippen LogP contribution is -2.37. The summed E-state index contributed by atoms with van der Waals surface area (Å²) in [6, 6.07) is 0. The van der Waals surface area contributed by atoms with Crippen LogP contribution in [0.4, 0.5) is 4.79 Å². The summed E-state index contributed by atoms with van der Waals surface area (Å²) < 4.78 is 16.3. The zero-order valence-corrected chi connectivity index (χ0v) is 26.0. The second kappa shape index (κ2) is 23.8. The van der Waals surface area contributed by atoms with Gasteiger partial charge in [0.15, 0.2) is 0 Å². The normalized spacial score (nSPS) is 13.2. The van der Waals surface area contributed by atoms with Crippen LogP contribution < -0.4 is 5.32 Å². The molecule has 0 aromatic rings. The highest BCUT2D eigenvalue weighted by molar-refractivity contribution is 7.63. The highest BCUT2D eigenvalue weighted by atomic mass is 31.2. The molecule has 0 aromatic carbocycles. The molecule has 1 unspecified atom stereocenters. The number of carbonyl (C=O) groups excluding carboxylic acids is 2. The Kier molecular flexibility index (Phi) is 23.1. The van der Waals surface area contributed by atoms with E-state index in [1.165, 1.54) is 70.6 Å². The first-order valence-electron chi connectivity index (χ1n) is 15.0. The number of hydrogen-bond donors (Lipinski definition) is 2. The van der Waals surface area contributed by atoms with E-state index in [4.69, 9.17) is 14.0 Å². The lowest BCUT2D eigenvalue weighted by atomic mass is 10.0. The number of unbranched alkanes of at least 4 members (excludes halogenated alkanes) is 13. The fourth-order valence-corrected chi connectivity index (χ4v) is 5.19. The van der Waals surface area contributed by atoms with E-state index in [1.807, 2.05) is 0 Å². The largest absolute Gasteiger partial charge is 0.508 e. The maximum absolute atomic E-state index is 11.9. The van der Waals surface area contributed by atoms with Gasteiger partial charge in [0.25, 0.3) is 0 Å². The zero-order chi connectivity index (χ0) is 28.5. The van der Waals surface area contributed by atoms with Crippen molar-refractivity contribution in [3.8, 4) is 0 Å². The average molecular weight is 564 g/mol. The Morgan fingerprint density at radius 2 is 1.29 bits per heavy atom. The molecule has 0 aromatic heterocycles. The first-order chi connectivity index (χ1) is 18.1. The third-order valence-electron chi connectivity index (χ3n) is 6.37. The minimum absolute atomic E-state index is 0.00213. The second-order valence-electron chi connectivity index (χ2n) is 11.4. The second-order valence-corrected chi connectivity index (χ2v) is 13.8. The summed E-state index contributed by atoms with van der Waals surface area (Å²) in [5.74, 6) is -0.00213. The van der Waals surface area contributed by atoms with Crippen LogP contribution in [0.15, 0.2) is 0 Å². The predicted molar refractivity (Wildman–Crippen MR) is 160 cm³/mol. The molecule has 38 heavy (non-hydrogen) atoms. The van der Waals surface area contributed by atoms with Crippen molar-refractivity contribution in [1.82, 2.24) is 5.32 Å². The third-order valence-corrected chi connectivity index (χ3v) is 8.05. The number of nitrogens with zero attached hydrogens (tertiary/aromatic N) is 1. The molecule has 0 bridgehead atoms. The molecule has 1 atom stereocenters. The van der Waals surface area contributed by atoms with E-state index in [-0.39, 0.29) is 25.7 Å². The van der Waals surface area contributed by atoms with Crippen LogP contribution >= 0.6 is 7.34 Å². The summed E-state index contributed by atoms with van der Waals surface area (Å²) in [6.45, 7) is 4.11. The summed E-state index contributed by atoms with van der Waals surface area (Å²) in [4.78, 5) is 33.8. The number of amides is 1. The van der Waals surface area contributed by atoms with E-state index in [1.54, 1.807) is 0 Å². The van der Waals surface area contributed by atoms with Gasteiger partial charge in [0.2, 0.25) is 5.91 Å². The zero-order valence-electron chi connectivity index (χ0n) is 25.1. The number of likely N-dealkylation sites (N-methyl/N-ethyl adjacent to an activating group) is 1. The molecule has 0 saturated heterocycles. The molecular formula is C29H60N2O6P+. The molecule has 8 nitrogen and oxygen atoms in total. The Morgan fingerprint density at radius 1 is 0.763 bits per heavy atom. The Labute approximate surface area is 233 Å². The van der Waals surface area contributed by atoms with Crippen molar-refractivity contribution in [2.45, 2.75) is 110 Å². The van der Waals surface area contributed by atoms with Crippen LogP contribution in [0.5, 0.6) is 0 Å². The Hall–Kier alpha value is -1.08. The molecule has 2 N–H and O–H groups in total. The van der Waals surface area contributed by atoms with Crippen molar-refractivity contribution in [2.75, 3.05) is 60.2 Å². The maximum atomic E-state index is 11.9. The van der Waals surface area contributed by atoms with Gasteiger partial charge in [-0.1, -0.05) is 90.3 Å². The van der Waals surface area contributed by atoms with Gasteiger partial charge in [-0.3, -0.25) is 4.79 Å². The van der Waals surface area contributed by atoms with Crippen LogP contribution in [0, 0.1) is 0 Å². The van der Waals surface area contributed by atoms with Crippen molar-refractivity contribution in [2.24, 2.45) is 0 Å². The fourth-order valence-electron chi connectivity index (χ4n) is 3.92. The molecule has 9 heteroatoms. The monoisotopic (exact) mass is 563 g/mol. The Morgan fingerprint density at radius 3 is 1.84 bits per heavy atom. The van der Waals surface area contributed by atoms with Crippen LogP contribution in [0.25, 0.3) is 0 Å². The Bertz CT molecular complexity index is 639. The van der Waals surface area contributed by atoms with Gasteiger partial charge in [0.05, 0.1) is 34.3 Å². The van der Waals surface area contributed by atoms with Gasteiger partial charge in [0.1, 0.15) is 27.1 Å². The molecule has 0 fully saturated rings. The SMILES string of the molecule is C=P(O)(CCCCOC(=O)OCCNC(=O)CCCCCCCCCCCCCCC)OCC[N+](C)(C)C. The highest BCUT2D eigenvalue weighted by Crippen LogP contribution is 2.41. The quantitative estimate of drug-likeness (QED) is 0.0539. The van der Waals surface area contributed by atoms with Gasteiger partial charge in [-0.2, -0.15) is 0 Å². The molecule has 0 aliphatic carbocycles. The maximum Gasteiger partial charge on any atom is 0.508 e. The molecule has 0 spiro atoms.